The summed E-state index contributed by atoms with van der Waals surface area (Å²) >= 11 is 0. The van der Waals surface area contributed by atoms with E-state index in [9.17, 15) is 10.2 Å². The lowest BCUT2D eigenvalue weighted by Crippen LogP contribution is -2.33. The van der Waals surface area contributed by atoms with Crippen LogP contribution in [0.3, 0.4) is 0 Å². The Balaban J connectivity index is 1.29. The van der Waals surface area contributed by atoms with Crippen molar-refractivity contribution in [1.82, 2.24) is 0 Å². The Morgan fingerprint density at radius 3 is 2.28 bits per heavy atom. The summed E-state index contributed by atoms with van der Waals surface area (Å²) in [6.45, 7) is 4.57. The SMILES string of the molecule is CC(CCCC(C)C(O)C(O)CCC1CCC2CCCCC21)CC1CCCCC1. The Kier molecular flexibility index (Phi) is 9.83. The Morgan fingerprint density at radius 1 is 0.759 bits per heavy atom. The summed E-state index contributed by atoms with van der Waals surface area (Å²) in [5.74, 6) is 4.73. The molecule has 3 saturated carbocycles. The smallest absolute Gasteiger partial charge is 0.0824 e. The largest absolute Gasteiger partial charge is 0.390 e. The van der Waals surface area contributed by atoms with E-state index in [4.69, 9.17) is 0 Å². The Morgan fingerprint density at radius 2 is 1.48 bits per heavy atom. The van der Waals surface area contributed by atoms with Crippen LogP contribution in [0.15, 0.2) is 0 Å². The van der Waals surface area contributed by atoms with E-state index in [1.165, 1.54) is 89.9 Å². The van der Waals surface area contributed by atoms with E-state index in [0.717, 1.165) is 48.9 Å². The van der Waals surface area contributed by atoms with Crippen LogP contribution in [0.25, 0.3) is 0 Å². The van der Waals surface area contributed by atoms with E-state index in [1.54, 1.807) is 0 Å². The van der Waals surface area contributed by atoms with E-state index < -0.39 is 12.2 Å². The maximum atomic E-state index is 10.7. The number of aliphatic hydroxyl groups is 2. The zero-order valence-electron chi connectivity index (χ0n) is 19.5. The molecule has 170 valence electrons. The molecule has 0 aromatic heterocycles. The molecule has 0 aromatic carbocycles. The van der Waals surface area contributed by atoms with Crippen molar-refractivity contribution in [1.29, 1.82) is 0 Å². The first-order chi connectivity index (χ1) is 14.0. The van der Waals surface area contributed by atoms with Crippen molar-refractivity contribution in [3.05, 3.63) is 0 Å². The predicted octanol–water partition coefficient (Wildman–Crippen LogP) is 7.12. The molecule has 3 aliphatic carbocycles. The minimum absolute atomic E-state index is 0.220. The highest BCUT2D eigenvalue weighted by atomic mass is 16.3. The molecule has 0 aliphatic heterocycles. The van der Waals surface area contributed by atoms with Crippen LogP contribution in [0.5, 0.6) is 0 Å². The molecule has 3 aliphatic rings. The molecule has 3 rings (SSSR count). The van der Waals surface area contributed by atoms with E-state index in [2.05, 4.69) is 13.8 Å². The van der Waals surface area contributed by atoms with Gasteiger partial charge in [-0.3, -0.25) is 0 Å². The maximum absolute atomic E-state index is 10.7. The van der Waals surface area contributed by atoms with Gasteiger partial charge in [0.1, 0.15) is 0 Å². The topological polar surface area (TPSA) is 40.5 Å². The molecular formula is C27H50O2. The summed E-state index contributed by atoms with van der Waals surface area (Å²) < 4.78 is 0. The lowest BCUT2D eigenvalue weighted by molar-refractivity contribution is -0.0231. The summed E-state index contributed by atoms with van der Waals surface area (Å²) in [4.78, 5) is 0. The Hall–Kier alpha value is -0.0800. The number of fused-ring (bicyclic) bond motifs is 1. The third-order valence-corrected chi connectivity index (χ3v) is 9.11. The van der Waals surface area contributed by atoms with Crippen LogP contribution in [-0.2, 0) is 0 Å². The highest BCUT2D eigenvalue weighted by molar-refractivity contribution is 4.88. The van der Waals surface area contributed by atoms with Crippen LogP contribution in [0.4, 0.5) is 0 Å². The minimum Gasteiger partial charge on any atom is -0.390 e. The molecule has 3 fully saturated rings. The molecule has 0 bridgehead atoms. The van der Waals surface area contributed by atoms with Crippen LogP contribution in [0.1, 0.15) is 123 Å². The molecular weight excluding hydrogens is 356 g/mol. The van der Waals surface area contributed by atoms with Crippen LogP contribution < -0.4 is 0 Å². The monoisotopic (exact) mass is 406 g/mol. The fraction of sp³-hybridized carbons (Fsp3) is 1.00. The van der Waals surface area contributed by atoms with Crippen molar-refractivity contribution in [3.63, 3.8) is 0 Å². The van der Waals surface area contributed by atoms with Gasteiger partial charge in [-0.15, -0.1) is 0 Å². The van der Waals surface area contributed by atoms with Crippen molar-refractivity contribution in [3.8, 4) is 0 Å². The molecule has 0 saturated heterocycles. The van der Waals surface area contributed by atoms with Gasteiger partial charge in [0.05, 0.1) is 12.2 Å². The molecule has 0 heterocycles. The highest BCUT2D eigenvalue weighted by Gasteiger charge is 2.37. The van der Waals surface area contributed by atoms with Crippen molar-refractivity contribution < 1.29 is 10.2 Å². The second-order valence-electron chi connectivity index (χ2n) is 11.4. The molecule has 2 N–H and O–H groups in total. The van der Waals surface area contributed by atoms with Gasteiger partial charge >= 0.3 is 0 Å². The summed E-state index contributed by atoms with van der Waals surface area (Å²) in [7, 11) is 0. The first kappa shape index (κ1) is 23.6. The van der Waals surface area contributed by atoms with Gasteiger partial charge in [0.25, 0.3) is 0 Å². The van der Waals surface area contributed by atoms with Crippen LogP contribution in [0.2, 0.25) is 0 Å². The van der Waals surface area contributed by atoms with Gasteiger partial charge in [-0.2, -0.15) is 0 Å². The fourth-order valence-electron chi connectivity index (χ4n) is 7.22. The second kappa shape index (κ2) is 12.1. The van der Waals surface area contributed by atoms with Gasteiger partial charge in [0, 0.05) is 0 Å². The first-order valence-corrected chi connectivity index (χ1v) is 13.4. The number of rotatable bonds is 11. The molecule has 7 atom stereocenters. The van der Waals surface area contributed by atoms with E-state index in [0.29, 0.717) is 0 Å². The van der Waals surface area contributed by atoms with Gasteiger partial charge in [-0.25, -0.2) is 0 Å². The zero-order valence-corrected chi connectivity index (χ0v) is 19.5. The van der Waals surface area contributed by atoms with Gasteiger partial charge in [0.15, 0.2) is 0 Å². The van der Waals surface area contributed by atoms with Gasteiger partial charge < -0.3 is 10.2 Å². The predicted molar refractivity (Wildman–Crippen MR) is 123 cm³/mol. The zero-order chi connectivity index (χ0) is 20.6. The third-order valence-electron chi connectivity index (χ3n) is 9.11. The molecule has 0 aromatic rings. The van der Waals surface area contributed by atoms with Gasteiger partial charge in [-0.05, 0) is 80.5 Å². The van der Waals surface area contributed by atoms with Crippen molar-refractivity contribution in [2.24, 2.45) is 35.5 Å². The number of aliphatic hydroxyl groups excluding tert-OH is 2. The van der Waals surface area contributed by atoms with Crippen molar-refractivity contribution in [2.45, 2.75) is 135 Å². The average Bonchev–Trinajstić information content (AvgIpc) is 3.15. The lowest BCUT2D eigenvalue weighted by Gasteiger charge is -2.30. The normalized spacial score (nSPS) is 32.5. The third kappa shape index (κ3) is 7.23. The van der Waals surface area contributed by atoms with Crippen molar-refractivity contribution in [2.75, 3.05) is 0 Å². The molecule has 0 spiro atoms. The lowest BCUT2D eigenvalue weighted by atomic mass is 9.76. The average molecular weight is 407 g/mol. The summed E-state index contributed by atoms with van der Waals surface area (Å²) in [6.07, 6.45) is 21.6. The Bertz CT molecular complexity index is 444. The second-order valence-corrected chi connectivity index (χ2v) is 11.4. The molecule has 0 amide bonds. The van der Waals surface area contributed by atoms with Gasteiger partial charge in [0.2, 0.25) is 0 Å². The molecule has 2 nitrogen and oxygen atoms in total. The molecule has 0 radical (unpaired) electrons. The van der Waals surface area contributed by atoms with E-state index in [-0.39, 0.29) is 5.92 Å². The Labute approximate surface area is 181 Å². The number of hydrogen-bond acceptors (Lipinski definition) is 2. The summed E-state index contributed by atoms with van der Waals surface area (Å²) in [5, 5.41) is 21.3. The standard InChI is InChI=1S/C27H50O2/c1-20(19-22-11-4-3-5-12-22)9-8-10-21(2)27(29)26(28)18-17-24-16-15-23-13-6-7-14-25(23)24/h20-29H,3-19H2,1-2H3. The van der Waals surface area contributed by atoms with Gasteiger partial charge in [-0.1, -0.05) is 78.1 Å². The molecule has 2 heteroatoms. The van der Waals surface area contributed by atoms with Crippen LogP contribution in [-0.4, -0.2) is 22.4 Å². The fourth-order valence-corrected chi connectivity index (χ4v) is 7.22. The number of hydrogen-bond donors (Lipinski definition) is 2. The van der Waals surface area contributed by atoms with E-state index in [1.807, 2.05) is 0 Å². The maximum Gasteiger partial charge on any atom is 0.0824 e. The van der Waals surface area contributed by atoms with Crippen LogP contribution >= 0.6 is 0 Å². The first-order valence-electron chi connectivity index (χ1n) is 13.4. The van der Waals surface area contributed by atoms with Crippen LogP contribution in [0, 0.1) is 35.5 Å². The molecule has 7 unspecified atom stereocenters. The quantitative estimate of drug-likeness (QED) is 0.383. The van der Waals surface area contributed by atoms with E-state index >= 15 is 0 Å². The van der Waals surface area contributed by atoms with Crippen molar-refractivity contribution >= 4 is 0 Å². The molecule has 29 heavy (non-hydrogen) atoms. The summed E-state index contributed by atoms with van der Waals surface area (Å²) in [6, 6.07) is 0. The minimum atomic E-state index is -0.535. The highest BCUT2D eigenvalue weighted by Crippen LogP contribution is 2.47. The summed E-state index contributed by atoms with van der Waals surface area (Å²) in [5.41, 5.74) is 0.